The highest BCUT2D eigenvalue weighted by Crippen LogP contribution is 2.29. The summed E-state index contributed by atoms with van der Waals surface area (Å²) >= 11 is 1.60. The summed E-state index contributed by atoms with van der Waals surface area (Å²) < 4.78 is 14.5. The van der Waals surface area contributed by atoms with E-state index < -0.39 is 0 Å². The minimum Gasteiger partial charge on any atom is -0.365 e. The van der Waals surface area contributed by atoms with E-state index in [2.05, 4.69) is 31.4 Å². The molecule has 0 unspecified atom stereocenters. The maximum atomic E-state index is 13.0. The normalized spacial score (nSPS) is 11.1. The van der Waals surface area contributed by atoms with Crippen molar-refractivity contribution in [3.05, 3.63) is 59.2 Å². The van der Waals surface area contributed by atoms with E-state index in [-0.39, 0.29) is 5.82 Å². The maximum absolute atomic E-state index is 13.0. The fraction of sp³-hybridized carbons (Fsp3) is 0.125. The van der Waals surface area contributed by atoms with Crippen molar-refractivity contribution >= 4 is 27.4 Å². The molecular weight excluding hydrogens is 327 g/mol. The number of nitrogens with zero attached hydrogens (tertiary/aromatic N) is 5. The first kappa shape index (κ1) is 14.7. The third-order valence-electron chi connectivity index (χ3n) is 3.50. The zero-order valence-electron chi connectivity index (χ0n) is 12.8. The summed E-state index contributed by atoms with van der Waals surface area (Å²) in [6.07, 6.45) is 3.00. The molecule has 1 N–H and O–H groups in total. The van der Waals surface area contributed by atoms with Gasteiger partial charge in [-0.2, -0.15) is 19.7 Å². The summed E-state index contributed by atoms with van der Waals surface area (Å²) in [6.45, 7) is 2.57. The van der Waals surface area contributed by atoms with Gasteiger partial charge in [0, 0.05) is 11.4 Å². The molecule has 0 spiro atoms. The SMILES string of the molecule is Cc1cc2c(NCc3ccc(F)cc3)nc(-n3cncn3)nc2s1. The van der Waals surface area contributed by atoms with Gasteiger partial charge in [-0.15, -0.1) is 11.3 Å². The van der Waals surface area contributed by atoms with Crippen LogP contribution in [0, 0.1) is 12.7 Å². The maximum Gasteiger partial charge on any atom is 0.255 e. The summed E-state index contributed by atoms with van der Waals surface area (Å²) in [5.74, 6) is 0.938. The predicted octanol–water partition coefficient (Wildman–Crippen LogP) is 3.33. The van der Waals surface area contributed by atoms with E-state index in [1.165, 1.54) is 23.1 Å². The van der Waals surface area contributed by atoms with E-state index in [1.54, 1.807) is 29.8 Å². The molecule has 3 aromatic heterocycles. The quantitative estimate of drug-likeness (QED) is 0.617. The average molecular weight is 340 g/mol. The van der Waals surface area contributed by atoms with Crippen molar-refractivity contribution < 1.29 is 4.39 Å². The van der Waals surface area contributed by atoms with Crippen LogP contribution < -0.4 is 5.32 Å². The first-order valence-corrected chi connectivity index (χ1v) is 8.12. The van der Waals surface area contributed by atoms with Crippen LogP contribution in [0.4, 0.5) is 10.2 Å². The Morgan fingerprint density at radius 2 is 2.04 bits per heavy atom. The second kappa shape index (κ2) is 5.97. The molecule has 0 saturated carbocycles. The van der Waals surface area contributed by atoms with E-state index in [4.69, 9.17) is 0 Å². The number of thiophene rings is 1. The highest BCUT2D eigenvalue weighted by atomic mass is 32.1. The Hall–Kier alpha value is -2.87. The fourth-order valence-corrected chi connectivity index (χ4v) is 3.24. The lowest BCUT2D eigenvalue weighted by Crippen LogP contribution is -2.07. The van der Waals surface area contributed by atoms with Gasteiger partial charge in [0.1, 0.15) is 29.1 Å². The van der Waals surface area contributed by atoms with Gasteiger partial charge in [0.25, 0.3) is 5.95 Å². The topological polar surface area (TPSA) is 68.5 Å². The Kier molecular flexibility index (Phi) is 3.66. The van der Waals surface area contributed by atoms with Gasteiger partial charge < -0.3 is 5.32 Å². The van der Waals surface area contributed by atoms with Crippen molar-refractivity contribution in [1.82, 2.24) is 24.7 Å². The molecule has 0 fully saturated rings. The zero-order chi connectivity index (χ0) is 16.5. The molecular formula is C16H13FN6S. The number of rotatable bonds is 4. The minimum atomic E-state index is -0.245. The molecule has 120 valence electrons. The smallest absolute Gasteiger partial charge is 0.255 e. The van der Waals surface area contributed by atoms with Gasteiger partial charge in [-0.1, -0.05) is 12.1 Å². The monoisotopic (exact) mass is 340 g/mol. The minimum absolute atomic E-state index is 0.245. The molecule has 4 rings (SSSR count). The van der Waals surface area contributed by atoms with Gasteiger partial charge in [0.2, 0.25) is 0 Å². The van der Waals surface area contributed by atoms with Crippen LogP contribution in [-0.4, -0.2) is 24.7 Å². The lowest BCUT2D eigenvalue weighted by atomic mass is 10.2. The molecule has 0 saturated heterocycles. The molecule has 4 aromatic rings. The second-order valence-electron chi connectivity index (χ2n) is 5.27. The molecule has 0 aliphatic heterocycles. The molecule has 0 aliphatic carbocycles. The van der Waals surface area contributed by atoms with E-state index >= 15 is 0 Å². The van der Waals surface area contributed by atoms with Crippen LogP contribution in [-0.2, 0) is 6.54 Å². The summed E-state index contributed by atoms with van der Waals surface area (Å²) in [5.41, 5.74) is 0.970. The number of aryl methyl sites for hydroxylation is 1. The molecule has 0 atom stereocenters. The Morgan fingerprint density at radius 3 is 2.79 bits per heavy atom. The van der Waals surface area contributed by atoms with Crippen molar-refractivity contribution in [3.8, 4) is 5.95 Å². The van der Waals surface area contributed by atoms with Crippen LogP contribution in [0.25, 0.3) is 16.2 Å². The van der Waals surface area contributed by atoms with E-state index in [1.807, 2.05) is 6.92 Å². The second-order valence-corrected chi connectivity index (χ2v) is 6.50. The van der Waals surface area contributed by atoms with Gasteiger partial charge in [0.15, 0.2) is 0 Å². The average Bonchev–Trinajstić information content (AvgIpc) is 3.22. The van der Waals surface area contributed by atoms with Crippen molar-refractivity contribution in [2.75, 3.05) is 5.32 Å². The Morgan fingerprint density at radius 1 is 1.21 bits per heavy atom. The lowest BCUT2D eigenvalue weighted by Gasteiger charge is -2.08. The molecule has 24 heavy (non-hydrogen) atoms. The van der Waals surface area contributed by atoms with Gasteiger partial charge in [-0.25, -0.2) is 9.37 Å². The first-order valence-electron chi connectivity index (χ1n) is 7.30. The van der Waals surface area contributed by atoms with Gasteiger partial charge >= 0.3 is 0 Å². The summed E-state index contributed by atoms with van der Waals surface area (Å²) in [6, 6.07) is 8.44. The Balaban J connectivity index is 1.71. The molecule has 0 radical (unpaired) electrons. The molecule has 0 bridgehead atoms. The van der Waals surface area contributed by atoms with E-state index in [9.17, 15) is 4.39 Å². The zero-order valence-corrected chi connectivity index (χ0v) is 13.6. The van der Waals surface area contributed by atoms with Crippen molar-refractivity contribution in [1.29, 1.82) is 0 Å². The van der Waals surface area contributed by atoms with Crippen LogP contribution in [0.15, 0.2) is 43.0 Å². The number of hydrogen-bond donors (Lipinski definition) is 1. The summed E-state index contributed by atoms with van der Waals surface area (Å²) in [4.78, 5) is 15.1. The number of benzene rings is 1. The lowest BCUT2D eigenvalue weighted by molar-refractivity contribution is 0.627. The molecule has 3 heterocycles. The van der Waals surface area contributed by atoms with Gasteiger partial charge in [-0.3, -0.25) is 0 Å². The largest absolute Gasteiger partial charge is 0.365 e. The molecule has 8 heteroatoms. The first-order chi connectivity index (χ1) is 11.7. The number of nitrogens with one attached hydrogen (secondary N) is 1. The molecule has 1 aromatic carbocycles. The highest BCUT2D eigenvalue weighted by Gasteiger charge is 2.12. The van der Waals surface area contributed by atoms with Crippen molar-refractivity contribution in [3.63, 3.8) is 0 Å². The standard InChI is InChI=1S/C16H13FN6S/c1-10-6-13-14(19-7-11-2-4-12(17)5-3-11)21-16(22-15(13)24-10)23-9-18-8-20-23/h2-6,8-9H,7H2,1H3,(H,19,21,22). The van der Waals surface area contributed by atoms with Crippen molar-refractivity contribution in [2.24, 2.45) is 0 Å². The van der Waals surface area contributed by atoms with Crippen LogP contribution in [0.5, 0.6) is 0 Å². The van der Waals surface area contributed by atoms with Gasteiger partial charge in [-0.05, 0) is 30.7 Å². The van der Waals surface area contributed by atoms with Crippen molar-refractivity contribution in [2.45, 2.75) is 13.5 Å². The third kappa shape index (κ3) is 2.83. The van der Waals surface area contributed by atoms with Crippen LogP contribution in [0.3, 0.4) is 0 Å². The van der Waals surface area contributed by atoms with Crippen LogP contribution in [0.2, 0.25) is 0 Å². The predicted molar refractivity (Wildman–Crippen MR) is 90.8 cm³/mol. The number of fused-ring (bicyclic) bond motifs is 1. The summed E-state index contributed by atoms with van der Waals surface area (Å²) in [7, 11) is 0. The van der Waals surface area contributed by atoms with Crippen LogP contribution >= 0.6 is 11.3 Å². The van der Waals surface area contributed by atoms with E-state index in [0.29, 0.717) is 12.5 Å². The van der Waals surface area contributed by atoms with E-state index in [0.717, 1.165) is 26.5 Å². The fourth-order valence-electron chi connectivity index (χ4n) is 2.37. The molecule has 0 amide bonds. The third-order valence-corrected chi connectivity index (χ3v) is 4.45. The highest BCUT2D eigenvalue weighted by molar-refractivity contribution is 7.18. The molecule has 6 nitrogen and oxygen atoms in total. The Labute approximate surface area is 141 Å². The molecule has 0 aliphatic rings. The van der Waals surface area contributed by atoms with Gasteiger partial charge in [0.05, 0.1) is 5.39 Å². The van der Waals surface area contributed by atoms with Crippen LogP contribution in [0.1, 0.15) is 10.4 Å². The Bertz CT molecular complexity index is 978. The summed E-state index contributed by atoms with van der Waals surface area (Å²) in [5, 5.41) is 8.36. The number of halogens is 1. The number of anilines is 1. The number of aromatic nitrogens is 5. The number of hydrogen-bond acceptors (Lipinski definition) is 6.